The highest BCUT2D eigenvalue weighted by Gasteiger charge is 2.11. The van der Waals surface area contributed by atoms with Gasteiger partial charge >= 0.3 is 0 Å². The summed E-state index contributed by atoms with van der Waals surface area (Å²) in [5.41, 5.74) is 1.20. The molecule has 0 aliphatic heterocycles. The van der Waals surface area contributed by atoms with Crippen LogP contribution in [0.3, 0.4) is 0 Å². The third kappa shape index (κ3) is 6.16. The Kier molecular flexibility index (Phi) is 8.84. The van der Waals surface area contributed by atoms with Crippen molar-refractivity contribution in [1.29, 1.82) is 0 Å². The van der Waals surface area contributed by atoms with Gasteiger partial charge in [0, 0.05) is 6.54 Å². The molecule has 0 radical (unpaired) electrons. The van der Waals surface area contributed by atoms with E-state index in [0.717, 1.165) is 54.9 Å². The molecule has 1 heterocycles. The molecule has 5 heteroatoms. The zero-order valence-electron chi connectivity index (χ0n) is 13.0. The number of hydrogen-bond donors (Lipinski definition) is 1. The lowest BCUT2D eigenvalue weighted by Gasteiger charge is -2.12. The molecule has 1 aromatic heterocycles. The first kappa shape index (κ1) is 18.0. The van der Waals surface area contributed by atoms with Gasteiger partial charge in [-0.05, 0) is 47.1 Å². The fraction of sp³-hybridized carbons (Fsp3) is 0.733. The SMILES string of the molecule is CCCNc1nc(CSCC(C)C)nc(CCC)c1I. The van der Waals surface area contributed by atoms with Gasteiger partial charge in [-0.2, -0.15) is 11.8 Å². The highest BCUT2D eigenvalue weighted by Crippen LogP contribution is 2.22. The van der Waals surface area contributed by atoms with Crippen LogP contribution in [0.4, 0.5) is 5.82 Å². The molecule has 0 spiro atoms. The number of nitrogens with one attached hydrogen (secondary N) is 1. The van der Waals surface area contributed by atoms with Crippen LogP contribution in [0.5, 0.6) is 0 Å². The Labute approximate surface area is 141 Å². The number of anilines is 1. The van der Waals surface area contributed by atoms with Crippen molar-refractivity contribution in [2.45, 2.75) is 52.7 Å². The smallest absolute Gasteiger partial charge is 0.143 e. The fourth-order valence-electron chi connectivity index (χ4n) is 1.76. The number of thioether (sulfide) groups is 1. The number of nitrogens with zero attached hydrogens (tertiary/aromatic N) is 2. The van der Waals surface area contributed by atoms with Gasteiger partial charge < -0.3 is 5.32 Å². The van der Waals surface area contributed by atoms with E-state index in [4.69, 9.17) is 9.97 Å². The topological polar surface area (TPSA) is 37.8 Å². The molecule has 0 atom stereocenters. The number of aryl methyl sites for hydroxylation is 1. The predicted octanol–water partition coefficient (Wildman–Crippen LogP) is 4.74. The molecule has 114 valence electrons. The van der Waals surface area contributed by atoms with Crippen molar-refractivity contribution < 1.29 is 0 Å². The molecule has 1 aromatic rings. The van der Waals surface area contributed by atoms with Gasteiger partial charge in [-0.15, -0.1) is 0 Å². The fourth-order valence-corrected chi connectivity index (χ4v) is 3.36. The number of aromatic nitrogens is 2. The van der Waals surface area contributed by atoms with Gasteiger partial charge in [-0.3, -0.25) is 0 Å². The Bertz CT molecular complexity index is 410. The van der Waals surface area contributed by atoms with Crippen molar-refractivity contribution in [3.8, 4) is 0 Å². The molecule has 3 nitrogen and oxygen atoms in total. The zero-order chi connectivity index (χ0) is 15.0. The normalized spacial score (nSPS) is 11.1. The lowest BCUT2D eigenvalue weighted by molar-refractivity contribution is 0.749. The summed E-state index contributed by atoms with van der Waals surface area (Å²) >= 11 is 4.30. The first-order chi connectivity index (χ1) is 9.58. The van der Waals surface area contributed by atoms with Gasteiger partial charge in [-0.25, -0.2) is 9.97 Å². The van der Waals surface area contributed by atoms with E-state index in [2.05, 4.69) is 55.6 Å². The summed E-state index contributed by atoms with van der Waals surface area (Å²) < 4.78 is 1.19. The van der Waals surface area contributed by atoms with Crippen molar-refractivity contribution in [3.05, 3.63) is 15.1 Å². The third-order valence-electron chi connectivity index (χ3n) is 2.68. The maximum absolute atomic E-state index is 4.75. The number of hydrogen-bond acceptors (Lipinski definition) is 4. The molecule has 0 amide bonds. The molecule has 0 aliphatic rings. The standard InChI is InChI=1S/C15H26IN3S/c1-5-7-12-14(16)15(17-8-6-2)19-13(18-12)10-20-9-11(3)4/h11H,5-10H2,1-4H3,(H,17,18,19). The molecule has 20 heavy (non-hydrogen) atoms. The molecular formula is C15H26IN3S. The Hall–Kier alpha value is -0.0400. The predicted molar refractivity (Wildman–Crippen MR) is 98.5 cm³/mol. The molecule has 1 N–H and O–H groups in total. The van der Waals surface area contributed by atoms with Gasteiger partial charge in [0.25, 0.3) is 0 Å². The highest BCUT2D eigenvalue weighted by atomic mass is 127. The monoisotopic (exact) mass is 407 g/mol. The maximum Gasteiger partial charge on any atom is 0.143 e. The Morgan fingerprint density at radius 3 is 2.55 bits per heavy atom. The summed E-state index contributed by atoms with van der Waals surface area (Å²) in [4.78, 5) is 9.45. The summed E-state index contributed by atoms with van der Waals surface area (Å²) in [5.74, 6) is 4.78. The number of rotatable bonds is 9. The van der Waals surface area contributed by atoms with E-state index in [1.54, 1.807) is 0 Å². The quantitative estimate of drug-likeness (QED) is 0.600. The molecule has 0 saturated carbocycles. The molecule has 1 rings (SSSR count). The van der Waals surface area contributed by atoms with Crippen LogP contribution in [0, 0.1) is 9.49 Å². The molecule has 0 aliphatic carbocycles. The van der Waals surface area contributed by atoms with E-state index in [-0.39, 0.29) is 0 Å². The zero-order valence-corrected chi connectivity index (χ0v) is 16.0. The van der Waals surface area contributed by atoms with E-state index < -0.39 is 0 Å². The molecule has 0 bridgehead atoms. The van der Waals surface area contributed by atoms with Crippen LogP contribution in [0.25, 0.3) is 0 Å². The van der Waals surface area contributed by atoms with Crippen LogP contribution in [0.1, 0.15) is 52.1 Å². The third-order valence-corrected chi connectivity index (χ3v) is 5.18. The van der Waals surface area contributed by atoms with Crippen LogP contribution < -0.4 is 5.32 Å². The van der Waals surface area contributed by atoms with Crippen LogP contribution in [-0.4, -0.2) is 22.3 Å². The van der Waals surface area contributed by atoms with Crippen LogP contribution >= 0.6 is 34.4 Å². The summed E-state index contributed by atoms with van der Waals surface area (Å²) in [6, 6.07) is 0. The van der Waals surface area contributed by atoms with Gasteiger partial charge in [0.05, 0.1) is 15.0 Å². The summed E-state index contributed by atoms with van der Waals surface area (Å²) in [6.45, 7) is 9.84. The second-order valence-electron chi connectivity index (χ2n) is 5.33. The Balaban J connectivity index is 2.84. The van der Waals surface area contributed by atoms with Crippen molar-refractivity contribution >= 4 is 40.2 Å². The van der Waals surface area contributed by atoms with Crippen molar-refractivity contribution in [2.24, 2.45) is 5.92 Å². The number of halogens is 1. The average molecular weight is 407 g/mol. The van der Waals surface area contributed by atoms with Crippen molar-refractivity contribution in [3.63, 3.8) is 0 Å². The minimum Gasteiger partial charge on any atom is -0.369 e. The first-order valence-corrected chi connectivity index (χ1v) is 9.68. The van der Waals surface area contributed by atoms with E-state index in [1.165, 1.54) is 9.26 Å². The van der Waals surface area contributed by atoms with Crippen LogP contribution in [-0.2, 0) is 12.2 Å². The van der Waals surface area contributed by atoms with Crippen molar-refractivity contribution in [1.82, 2.24) is 9.97 Å². The van der Waals surface area contributed by atoms with Gasteiger partial charge in [0.1, 0.15) is 11.6 Å². The maximum atomic E-state index is 4.75. The van der Waals surface area contributed by atoms with E-state index in [9.17, 15) is 0 Å². The van der Waals surface area contributed by atoms with E-state index in [0.29, 0.717) is 0 Å². The van der Waals surface area contributed by atoms with Gasteiger partial charge in [0.2, 0.25) is 0 Å². The Morgan fingerprint density at radius 2 is 1.95 bits per heavy atom. The van der Waals surface area contributed by atoms with Gasteiger partial charge in [-0.1, -0.05) is 34.1 Å². The first-order valence-electron chi connectivity index (χ1n) is 7.45. The minimum atomic E-state index is 0.719. The Morgan fingerprint density at radius 1 is 1.20 bits per heavy atom. The molecule has 0 fully saturated rings. The minimum absolute atomic E-state index is 0.719. The molecular weight excluding hydrogens is 381 g/mol. The average Bonchev–Trinajstić information content (AvgIpc) is 2.40. The molecule has 0 unspecified atom stereocenters. The lowest BCUT2D eigenvalue weighted by atomic mass is 10.2. The van der Waals surface area contributed by atoms with E-state index in [1.807, 2.05) is 11.8 Å². The largest absolute Gasteiger partial charge is 0.369 e. The van der Waals surface area contributed by atoms with E-state index >= 15 is 0 Å². The van der Waals surface area contributed by atoms with Gasteiger partial charge in [0.15, 0.2) is 0 Å². The molecule has 0 saturated heterocycles. The summed E-state index contributed by atoms with van der Waals surface area (Å²) in [6.07, 6.45) is 3.27. The second-order valence-corrected chi connectivity index (χ2v) is 7.44. The lowest BCUT2D eigenvalue weighted by Crippen LogP contribution is -2.10. The molecule has 0 aromatic carbocycles. The van der Waals surface area contributed by atoms with Crippen LogP contribution in [0.2, 0.25) is 0 Å². The summed E-state index contributed by atoms with van der Waals surface area (Å²) in [7, 11) is 0. The second kappa shape index (κ2) is 9.82. The van der Waals surface area contributed by atoms with Crippen LogP contribution in [0.15, 0.2) is 0 Å². The summed E-state index contributed by atoms with van der Waals surface area (Å²) in [5, 5.41) is 3.43. The van der Waals surface area contributed by atoms with Crippen molar-refractivity contribution in [2.75, 3.05) is 17.6 Å². The highest BCUT2D eigenvalue weighted by molar-refractivity contribution is 14.1.